The molecule has 0 aromatic heterocycles. The summed E-state index contributed by atoms with van der Waals surface area (Å²) in [7, 11) is -1.28. The van der Waals surface area contributed by atoms with Gasteiger partial charge in [0.2, 0.25) is 0 Å². The number of hydrogen-bond donors (Lipinski definition) is 0. The molecule has 0 aliphatic heterocycles. The van der Waals surface area contributed by atoms with Gasteiger partial charge >= 0.3 is 0 Å². The summed E-state index contributed by atoms with van der Waals surface area (Å²) in [4.78, 5) is 2.94. The van der Waals surface area contributed by atoms with Crippen LogP contribution in [-0.2, 0) is 0 Å². The molecule has 21 heavy (non-hydrogen) atoms. The Morgan fingerprint density at radius 3 is 2.05 bits per heavy atom. The van der Waals surface area contributed by atoms with Crippen molar-refractivity contribution in [3.05, 3.63) is 46.0 Å². The summed E-state index contributed by atoms with van der Waals surface area (Å²) in [6.45, 7) is 15.5. The minimum atomic E-state index is -1.28. The lowest BCUT2D eigenvalue weighted by Crippen LogP contribution is -2.37. The van der Waals surface area contributed by atoms with Gasteiger partial charge in [0.05, 0.1) is 8.07 Å². The Hall–Kier alpha value is -1.51. The Morgan fingerprint density at radius 1 is 1.14 bits per heavy atom. The van der Waals surface area contributed by atoms with Crippen molar-refractivity contribution in [1.29, 1.82) is 0 Å². The standard InChI is InChI=1S/C17H27N3Si/c1-13(19-20-18)16(12-17(2,3)4)14-8-10-15(11-9-14)21(5,6)7/h8-11H,12H2,1-7H3/b16-13-. The van der Waals surface area contributed by atoms with Crippen molar-refractivity contribution in [2.45, 2.75) is 53.8 Å². The third-order valence-electron chi connectivity index (χ3n) is 3.44. The zero-order valence-corrected chi connectivity index (χ0v) is 15.4. The van der Waals surface area contributed by atoms with Gasteiger partial charge in [0.15, 0.2) is 0 Å². The van der Waals surface area contributed by atoms with Crippen LogP contribution in [-0.4, -0.2) is 8.07 Å². The predicted molar refractivity (Wildman–Crippen MR) is 95.2 cm³/mol. The first-order valence-electron chi connectivity index (χ1n) is 7.40. The van der Waals surface area contributed by atoms with E-state index in [1.54, 1.807) is 0 Å². The number of allylic oxidation sites excluding steroid dienone is 2. The molecule has 0 saturated heterocycles. The molecule has 1 aromatic rings. The fourth-order valence-electron chi connectivity index (χ4n) is 2.27. The van der Waals surface area contributed by atoms with Crippen LogP contribution in [0.15, 0.2) is 35.1 Å². The summed E-state index contributed by atoms with van der Waals surface area (Å²) in [5.74, 6) is 0. The van der Waals surface area contributed by atoms with Crippen molar-refractivity contribution in [2.24, 2.45) is 10.5 Å². The van der Waals surface area contributed by atoms with Gasteiger partial charge in [0.25, 0.3) is 0 Å². The molecule has 0 amide bonds. The molecule has 0 fully saturated rings. The van der Waals surface area contributed by atoms with E-state index in [1.165, 1.54) is 5.19 Å². The van der Waals surface area contributed by atoms with E-state index < -0.39 is 8.07 Å². The lowest BCUT2D eigenvalue weighted by molar-refractivity contribution is 0.426. The topological polar surface area (TPSA) is 48.8 Å². The van der Waals surface area contributed by atoms with Gasteiger partial charge in [-0.3, -0.25) is 0 Å². The van der Waals surface area contributed by atoms with E-state index in [9.17, 15) is 0 Å². The van der Waals surface area contributed by atoms with Gasteiger partial charge < -0.3 is 0 Å². The molecular formula is C17H27N3Si. The summed E-state index contributed by atoms with van der Waals surface area (Å²) in [6, 6.07) is 8.80. The van der Waals surface area contributed by atoms with E-state index in [0.717, 1.165) is 23.3 Å². The fraction of sp³-hybridized carbons (Fsp3) is 0.529. The second kappa shape index (κ2) is 6.50. The number of benzene rings is 1. The molecule has 0 saturated carbocycles. The molecule has 0 aliphatic carbocycles. The van der Waals surface area contributed by atoms with E-state index in [0.29, 0.717) is 0 Å². The lowest BCUT2D eigenvalue weighted by atomic mass is 9.84. The molecule has 1 aromatic carbocycles. The van der Waals surface area contributed by atoms with E-state index in [2.05, 4.69) is 74.7 Å². The van der Waals surface area contributed by atoms with Crippen LogP contribution in [0.1, 0.15) is 39.7 Å². The quantitative estimate of drug-likeness (QED) is 0.296. The van der Waals surface area contributed by atoms with Crippen LogP contribution in [0.2, 0.25) is 19.6 Å². The van der Waals surface area contributed by atoms with Crippen LogP contribution in [0.3, 0.4) is 0 Å². The number of hydrogen-bond acceptors (Lipinski definition) is 1. The number of azide groups is 1. The van der Waals surface area contributed by atoms with Gasteiger partial charge in [-0.2, -0.15) is 0 Å². The van der Waals surface area contributed by atoms with Crippen molar-refractivity contribution in [3.63, 3.8) is 0 Å². The predicted octanol–water partition coefficient (Wildman–Crippen LogP) is 5.71. The first-order chi connectivity index (χ1) is 9.54. The third kappa shape index (κ3) is 5.41. The van der Waals surface area contributed by atoms with Gasteiger partial charge in [0.1, 0.15) is 0 Å². The average Bonchev–Trinajstić information content (AvgIpc) is 2.34. The maximum atomic E-state index is 8.71. The molecule has 0 spiro atoms. The molecule has 3 nitrogen and oxygen atoms in total. The van der Waals surface area contributed by atoms with Crippen molar-refractivity contribution >= 4 is 18.8 Å². The third-order valence-corrected chi connectivity index (χ3v) is 5.50. The summed E-state index contributed by atoms with van der Waals surface area (Å²) < 4.78 is 0. The fourth-order valence-corrected chi connectivity index (χ4v) is 3.43. The van der Waals surface area contributed by atoms with Crippen molar-refractivity contribution in [1.82, 2.24) is 0 Å². The summed E-state index contributed by atoms with van der Waals surface area (Å²) in [5, 5.41) is 5.27. The van der Waals surface area contributed by atoms with E-state index in [4.69, 9.17) is 5.53 Å². The number of rotatable bonds is 4. The first-order valence-corrected chi connectivity index (χ1v) is 10.9. The van der Waals surface area contributed by atoms with Gasteiger partial charge in [0, 0.05) is 10.6 Å². The molecule has 0 heterocycles. The van der Waals surface area contributed by atoms with Gasteiger partial charge in [-0.1, -0.05) is 75.0 Å². The maximum Gasteiger partial charge on any atom is 0.0775 e. The molecule has 0 atom stereocenters. The van der Waals surface area contributed by atoms with Crippen LogP contribution >= 0.6 is 0 Å². The summed E-state index contributed by atoms with van der Waals surface area (Å²) >= 11 is 0. The van der Waals surface area contributed by atoms with Crippen LogP contribution < -0.4 is 5.19 Å². The monoisotopic (exact) mass is 301 g/mol. The van der Waals surface area contributed by atoms with Crippen molar-refractivity contribution < 1.29 is 0 Å². The first kappa shape index (κ1) is 17.5. The minimum Gasteiger partial charge on any atom is -0.0656 e. The second-order valence-electron chi connectivity index (χ2n) is 7.82. The average molecular weight is 302 g/mol. The van der Waals surface area contributed by atoms with E-state index in [1.807, 2.05) is 6.92 Å². The van der Waals surface area contributed by atoms with Crippen molar-refractivity contribution in [3.8, 4) is 0 Å². The van der Waals surface area contributed by atoms with E-state index >= 15 is 0 Å². The smallest absolute Gasteiger partial charge is 0.0656 e. The Bertz CT molecular complexity index is 566. The molecule has 4 heteroatoms. The maximum absolute atomic E-state index is 8.71. The van der Waals surface area contributed by atoms with Crippen LogP contribution in [0.5, 0.6) is 0 Å². The Kier molecular flexibility index (Phi) is 5.43. The largest absolute Gasteiger partial charge is 0.0775 e. The molecule has 0 bridgehead atoms. The molecular weight excluding hydrogens is 274 g/mol. The highest BCUT2D eigenvalue weighted by atomic mass is 28.3. The van der Waals surface area contributed by atoms with E-state index in [-0.39, 0.29) is 5.41 Å². The lowest BCUT2D eigenvalue weighted by Gasteiger charge is -2.23. The molecule has 0 aliphatic rings. The molecule has 0 unspecified atom stereocenters. The normalized spacial score (nSPS) is 13.5. The Morgan fingerprint density at radius 2 is 1.67 bits per heavy atom. The van der Waals surface area contributed by atoms with Gasteiger partial charge in [-0.05, 0) is 35.4 Å². The zero-order chi connectivity index (χ0) is 16.3. The van der Waals surface area contributed by atoms with Crippen molar-refractivity contribution in [2.75, 3.05) is 0 Å². The highest BCUT2D eigenvalue weighted by Gasteiger charge is 2.19. The van der Waals surface area contributed by atoms with Crippen LogP contribution in [0, 0.1) is 5.41 Å². The van der Waals surface area contributed by atoms with Crippen LogP contribution in [0.4, 0.5) is 0 Å². The molecule has 0 radical (unpaired) electrons. The molecule has 1 rings (SSSR count). The SMILES string of the molecule is C/C(N=[N+]=[N-])=C(\CC(C)(C)C)c1ccc([Si](C)(C)C)cc1. The summed E-state index contributed by atoms with van der Waals surface area (Å²) in [5.41, 5.74) is 11.9. The van der Waals surface area contributed by atoms with Gasteiger partial charge in [-0.15, -0.1) is 0 Å². The Balaban J connectivity index is 3.28. The highest BCUT2D eigenvalue weighted by molar-refractivity contribution is 6.88. The molecule has 114 valence electrons. The van der Waals surface area contributed by atoms with Gasteiger partial charge in [-0.25, -0.2) is 0 Å². The second-order valence-corrected chi connectivity index (χ2v) is 12.9. The van der Waals surface area contributed by atoms with Crippen LogP contribution in [0.25, 0.3) is 16.0 Å². The zero-order valence-electron chi connectivity index (χ0n) is 14.4. The summed E-state index contributed by atoms with van der Waals surface area (Å²) in [6.07, 6.45) is 0.893. The molecule has 0 N–H and O–H groups in total. The minimum absolute atomic E-state index is 0.152. The Labute approximate surface area is 129 Å². The highest BCUT2D eigenvalue weighted by Crippen LogP contribution is 2.33. The number of nitrogens with zero attached hydrogens (tertiary/aromatic N) is 3.